The van der Waals surface area contributed by atoms with Crippen LogP contribution in [0.2, 0.25) is 0 Å². The maximum atomic E-state index is 11.8. The van der Waals surface area contributed by atoms with Gasteiger partial charge in [0.05, 0.1) is 4.92 Å². The Hall–Kier alpha value is -2.89. The maximum absolute atomic E-state index is 11.8. The Morgan fingerprint density at radius 3 is 2.26 bits per heavy atom. The van der Waals surface area contributed by atoms with E-state index in [4.69, 9.17) is 4.74 Å². The number of nitrogens with zero attached hydrogens (tertiary/aromatic N) is 1. The fraction of sp³-hybridized carbons (Fsp3) is 0.235. The Kier molecular flexibility index (Phi) is 5.30. The summed E-state index contributed by atoms with van der Waals surface area (Å²) in [5.74, 6) is 0.731. The molecule has 0 unspecified atom stereocenters. The molecule has 0 bridgehead atoms. The standard InChI is InChI=1S/C17H18N2O4/c1-12(2)13-3-9-16(10-4-13)23-11-17(20)18-14-5-7-15(8-6-14)19(21)22/h3-10,12H,11H2,1-2H3,(H,18,20). The van der Waals surface area contributed by atoms with Gasteiger partial charge in [0.15, 0.2) is 6.61 Å². The van der Waals surface area contributed by atoms with E-state index in [2.05, 4.69) is 19.2 Å². The number of hydrogen-bond acceptors (Lipinski definition) is 4. The van der Waals surface area contributed by atoms with E-state index in [0.717, 1.165) is 0 Å². The molecular weight excluding hydrogens is 296 g/mol. The van der Waals surface area contributed by atoms with Crippen molar-refractivity contribution in [3.05, 3.63) is 64.2 Å². The van der Waals surface area contributed by atoms with Crippen LogP contribution in [-0.4, -0.2) is 17.4 Å². The molecule has 0 aliphatic rings. The predicted octanol–water partition coefficient (Wildman–Crippen LogP) is 3.74. The third-order valence-electron chi connectivity index (χ3n) is 3.28. The van der Waals surface area contributed by atoms with Crippen LogP contribution in [0.5, 0.6) is 5.75 Å². The number of nitro benzene ring substituents is 1. The Morgan fingerprint density at radius 2 is 1.74 bits per heavy atom. The molecule has 120 valence electrons. The number of ether oxygens (including phenoxy) is 1. The second kappa shape index (κ2) is 7.40. The van der Waals surface area contributed by atoms with Gasteiger partial charge < -0.3 is 10.1 Å². The van der Waals surface area contributed by atoms with E-state index in [1.165, 1.54) is 29.8 Å². The fourth-order valence-corrected chi connectivity index (χ4v) is 1.96. The second-order valence-electron chi connectivity index (χ2n) is 5.36. The summed E-state index contributed by atoms with van der Waals surface area (Å²) in [6.45, 7) is 4.08. The Labute approximate surface area is 134 Å². The molecule has 0 aliphatic carbocycles. The van der Waals surface area contributed by atoms with Gasteiger partial charge in [-0.3, -0.25) is 14.9 Å². The molecule has 1 amide bonds. The SMILES string of the molecule is CC(C)c1ccc(OCC(=O)Nc2ccc([N+](=O)[O-])cc2)cc1. The van der Waals surface area contributed by atoms with Gasteiger partial charge in [-0.1, -0.05) is 26.0 Å². The van der Waals surface area contributed by atoms with Crippen molar-refractivity contribution < 1.29 is 14.5 Å². The number of anilines is 1. The summed E-state index contributed by atoms with van der Waals surface area (Å²) in [6, 6.07) is 13.2. The molecule has 6 heteroatoms. The number of carbonyl (C=O) groups excluding carboxylic acids is 1. The average Bonchev–Trinajstić information content (AvgIpc) is 2.54. The van der Waals surface area contributed by atoms with Crippen molar-refractivity contribution in [1.29, 1.82) is 0 Å². The molecule has 0 atom stereocenters. The van der Waals surface area contributed by atoms with Crippen LogP contribution in [-0.2, 0) is 4.79 Å². The highest BCUT2D eigenvalue weighted by Gasteiger charge is 2.07. The van der Waals surface area contributed by atoms with Crippen molar-refractivity contribution in [2.75, 3.05) is 11.9 Å². The predicted molar refractivity (Wildman–Crippen MR) is 87.8 cm³/mol. The van der Waals surface area contributed by atoms with E-state index in [1.54, 1.807) is 0 Å². The summed E-state index contributed by atoms with van der Waals surface area (Å²) in [6.07, 6.45) is 0. The molecule has 0 radical (unpaired) electrons. The van der Waals surface area contributed by atoms with E-state index < -0.39 is 4.92 Å². The molecule has 1 N–H and O–H groups in total. The van der Waals surface area contributed by atoms with Gasteiger partial charge in [-0.25, -0.2) is 0 Å². The number of non-ortho nitro benzene ring substituents is 1. The van der Waals surface area contributed by atoms with Crippen LogP contribution in [0.4, 0.5) is 11.4 Å². The smallest absolute Gasteiger partial charge is 0.269 e. The zero-order chi connectivity index (χ0) is 16.8. The largest absolute Gasteiger partial charge is 0.484 e. The van der Waals surface area contributed by atoms with Crippen LogP contribution in [0.1, 0.15) is 25.3 Å². The molecule has 2 aromatic rings. The highest BCUT2D eigenvalue weighted by molar-refractivity contribution is 5.91. The number of rotatable bonds is 6. The first-order chi connectivity index (χ1) is 11.0. The first-order valence-corrected chi connectivity index (χ1v) is 7.23. The van der Waals surface area contributed by atoms with E-state index in [1.807, 2.05) is 24.3 Å². The fourth-order valence-electron chi connectivity index (χ4n) is 1.96. The van der Waals surface area contributed by atoms with Crippen molar-refractivity contribution in [3.63, 3.8) is 0 Å². The highest BCUT2D eigenvalue weighted by Crippen LogP contribution is 2.19. The van der Waals surface area contributed by atoms with Gasteiger partial charge in [0.1, 0.15) is 5.75 Å². The lowest BCUT2D eigenvalue weighted by atomic mass is 10.0. The van der Waals surface area contributed by atoms with Crippen molar-refractivity contribution in [1.82, 2.24) is 0 Å². The third kappa shape index (κ3) is 4.81. The lowest BCUT2D eigenvalue weighted by Gasteiger charge is -2.09. The van der Waals surface area contributed by atoms with Crippen LogP contribution in [0, 0.1) is 10.1 Å². The molecule has 2 rings (SSSR count). The molecule has 6 nitrogen and oxygen atoms in total. The zero-order valence-electron chi connectivity index (χ0n) is 13.0. The van der Waals surface area contributed by atoms with Crippen LogP contribution >= 0.6 is 0 Å². The first kappa shape index (κ1) is 16.5. The number of nitro groups is 1. The molecule has 0 spiro atoms. The van der Waals surface area contributed by atoms with Crippen LogP contribution in [0.3, 0.4) is 0 Å². The summed E-state index contributed by atoms with van der Waals surface area (Å²) < 4.78 is 5.42. The zero-order valence-corrected chi connectivity index (χ0v) is 13.0. The van der Waals surface area contributed by atoms with E-state index >= 15 is 0 Å². The van der Waals surface area contributed by atoms with Crippen molar-refractivity contribution in [2.45, 2.75) is 19.8 Å². The molecule has 2 aromatic carbocycles. The lowest BCUT2D eigenvalue weighted by molar-refractivity contribution is -0.384. The van der Waals surface area contributed by atoms with E-state index in [-0.39, 0.29) is 18.2 Å². The Balaban J connectivity index is 1.86. The van der Waals surface area contributed by atoms with Crippen LogP contribution < -0.4 is 10.1 Å². The summed E-state index contributed by atoms with van der Waals surface area (Å²) in [4.78, 5) is 21.9. The lowest BCUT2D eigenvalue weighted by Crippen LogP contribution is -2.20. The number of nitrogens with one attached hydrogen (secondary N) is 1. The first-order valence-electron chi connectivity index (χ1n) is 7.23. The minimum absolute atomic E-state index is 0.0236. The van der Waals surface area contributed by atoms with Gasteiger partial charge >= 0.3 is 0 Å². The van der Waals surface area contributed by atoms with E-state index in [9.17, 15) is 14.9 Å². The van der Waals surface area contributed by atoms with Crippen molar-refractivity contribution >= 4 is 17.3 Å². The van der Waals surface area contributed by atoms with Gasteiger partial charge in [0.2, 0.25) is 0 Å². The third-order valence-corrected chi connectivity index (χ3v) is 3.28. The summed E-state index contributed by atoms with van der Waals surface area (Å²) in [5.41, 5.74) is 1.66. The topological polar surface area (TPSA) is 81.5 Å². The minimum Gasteiger partial charge on any atom is -0.484 e. The van der Waals surface area contributed by atoms with Gasteiger partial charge in [-0.15, -0.1) is 0 Å². The minimum atomic E-state index is -0.491. The number of hydrogen-bond donors (Lipinski definition) is 1. The van der Waals surface area contributed by atoms with Crippen LogP contribution in [0.25, 0.3) is 0 Å². The molecule has 0 aliphatic heterocycles. The summed E-state index contributed by atoms with van der Waals surface area (Å²) >= 11 is 0. The molecule has 23 heavy (non-hydrogen) atoms. The number of benzene rings is 2. The maximum Gasteiger partial charge on any atom is 0.269 e. The summed E-state index contributed by atoms with van der Waals surface area (Å²) in [7, 11) is 0. The molecular formula is C17H18N2O4. The molecule has 0 heterocycles. The van der Waals surface area contributed by atoms with Crippen LogP contribution in [0.15, 0.2) is 48.5 Å². The second-order valence-corrected chi connectivity index (χ2v) is 5.36. The Bertz CT molecular complexity index is 679. The van der Waals surface area contributed by atoms with Gasteiger partial charge in [0.25, 0.3) is 11.6 Å². The molecule has 0 aromatic heterocycles. The molecule has 0 saturated carbocycles. The highest BCUT2D eigenvalue weighted by atomic mass is 16.6. The monoisotopic (exact) mass is 314 g/mol. The Morgan fingerprint density at radius 1 is 1.13 bits per heavy atom. The average molecular weight is 314 g/mol. The molecule has 0 fully saturated rings. The van der Waals surface area contributed by atoms with Gasteiger partial charge in [-0.2, -0.15) is 0 Å². The van der Waals surface area contributed by atoms with Crippen molar-refractivity contribution in [2.24, 2.45) is 0 Å². The molecule has 0 saturated heterocycles. The van der Waals surface area contributed by atoms with Gasteiger partial charge in [-0.05, 0) is 35.7 Å². The number of carbonyl (C=O) groups is 1. The van der Waals surface area contributed by atoms with Gasteiger partial charge in [0, 0.05) is 17.8 Å². The normalized spacial score (nSPS) is 10.4. The van der Waals surface area contributed by atoms with Crippen molar-refractivity contribution in [3.8, 4) is 5.75 Å². The quantitative estimate of drug-likeness (QED) is 0.650. The van der Waals surface area contributed by atoms with E-state index in [0.29, 0.717) is 17.4 Å². The number of amides is 1. The summed E-state index contributed by atoms with van der Waals surface area (Å²) in [5, 5.41) is 13.2.